The number of phenols is 1. The molecule has 0 atom stereocenters. The Morgan fingerprint density at radius 2 is 1.71 bits per heavy atom. The molecule has 2 heterocycles. The summed E-state index contributed by atoms with van der Waals surface area (Å²) in [7, 11) is 0. The number of amides is 2. The lowest BCUT2D eigenvalue weighted by atomic mass is 9.95. The number of fused-ring (bicyclic) bond motifs is 2. The summed E-state index contributed by atoms with van der Waals surface area (Å²) >= 11 is 0. The van der Waals surface area contributed by atoms with E-state index in [1.807, 2.05) is 26.0 Å². The average molecular weight is 463 g/mol. The van der Waals surface area contributed by atoms with Gasteiger partial charge in [-0.15, -0.1) is 0 Å². The first-order chi connectivity index (χ1) is 16.5. The van der Waals surface area contributed by atoms with Crippen molar-refractivity contribution in [2.24, 2.45) is 0 Å². The number of hydrogen-bond donors (Lipinski definition) is 1. The molecule has 1 aromatic heterocycles. The molecule has 3 aromatic rings. The van der Waals surface area contributed by atoms with Gasteiger partial charge in [-0.05, 0) is 42.2 Å². The van der Waals surface area contributed by atoms with E-state index in [1.54, 1.807) is 18.3 Å². The van der Waals surface area contributed by atoms with Crippen molar-refractivity contribution in [1.29, 1.82) is 0 Å². The Balaban J connectivity index is 0.00000158. The Bertz CT molecular complexity index is 1200. The number of carbonyl (C=O) groups excluding carboxylic acids is 2. The van der Waals surface area contributed by atoms with Gasteiger partial charge >= 0.3 is 0 Å². The Kier molecular flexibility index (Phi) is 8.52. The Labute approximate surface area is 199 Å². The summed E-state index contributed by atoms with van der Waals surface area (Å²) in [6.45, 7) is 6.16. The minimum Gasteiger partial charge on any atom is -0.505 e. The molecule has 1 aliphatic rings. The highest BCUT2D eigenvalue weighted by Gasteiger charge is 2.41. The molecule has 34 heavy (non-hydrogen) atoms. The second-order valence-electron chi connectivity index (χ2n) is 7.99. The van der Waals surface area contributed by atoms with Gasteiger partial charge in [0.1, 0.15) is 11.3 Å². The van der Waals surface area contributed by atoms with Crippen molar-refractivity contribution in [1.82, 2.24) is 9.88 Å². The minimum absolute atomic E-state index is 0.00396. The maximum Gasteiger partial charge on any atom is 0.265 e. The summed E-state index contributed by atoms with van der Waals surface area (Å²) in [6.07, 6.45) is 10.8. The van der Waals surface area contributed by atoms with Crippen LogP contribution in [-0.4, -0.2) is 26.8 Å². The van der Waals surface area contributed by atoms with Gasteiger partial charge in [0.2, 0.25) is 0 Å². The number of unbranched alkanes of at least 4 members (excludes halogenated alkanes) is 4. The number of hydrogen-bond acceptors (Lipinski definition) is 4. The summed E-state index contributed by atoms with van der Waals surface area (Å²) in [5.41, 5.74) is 1.68. The van der Waals surface area contributed by atoms with Gasteiger partial charge < -0.3 is 5.11 Å². The zero-order valence-electron chi connectivity index (χ0n) is 20.0. The molecule has 0 unspecified atom stereocenters. The molecule has 1 N–H and O–H groups in total. The normalized spacial score (nSPS) is 12.9. The number of nitrogens with zero attached hydrogens (tertiary/aromatic N) is 2. The lowest BCUT2D eigenvalue weighted by molar-refractivity contribution is 0.0641. The van der Waals surface area contributed by atoms with E-state index in [0.717, 1.165) is 30.6 Å². The fraction of sp³-hybridized carbons (Fsp3) is 0.321. The maximum atomic E-state index is 13.3. The summed E-state index contributed by atoms with van der Waals surface area (Å²) in [5.74, 6) is -1.72. The number of rotatable bonds is 8. The number of allylic oxidation sites excluding steroid dienone is 1. The number of pyridine rings is 1. The van der Waals surface area contributed by atoms with E-state index >= 15 is 0 Å². The van der Waals surface area contributed by atoms with Crippen molar-refractivity contribution in [3.05, 3.63) is 76.7 Å². The quantitative estimate of drug-likeness (QED) is 0.292. The highest BCUT2D eigenvalue weighted by molar-refractivity contribution is 6.26. The summed E-state index contributed by atoms with van der Waals surface area (Å²) < 4.78 is 13.3. The molecule has 2 amide bonds. The predicted molar refractivity (Wildman–Crippen MR) is 133 cm³/mol. The molecular weight excluding hydrogens is 431 g/mol. The molecule has 0 spiro atoms. The van der Waals surface area contributed by atoms with Gasteiger partial charge in [-0.1, -0.05) is 70.4 Å². The molecule has 2 aromatic carbocycles. The van der Waals surface area contributed by atoms with Crippen LogP contribution in [0.4, 0.5) is 4.39 Å². The van der Waals surface area contributed by atoms with Gasteiger partial charge in [0.05, 0.1) is 17.7 Å². The molecule has 1 aliphatic heterocycles. The standard InChI is InChI=1S/C26H25FN2O3.C2H6/c1-2-3-4-5-6-7-9-19-20-10-8-15-28-23(20)24(30)22-21(19)25(31)29(26(22)32)16-17-11-13-18(27)14-12-17;1-2/h7-15,30H,2-6,16H2,1H3;1-2H3/b9-7+;. The number of imide groups is 1. The Morgan fingerprint density at radius 1 is 1.00 bits per heavy atom. The van der Waals surface area contributed by atoms with Crippen LogP contribution >= 0.6 is 0 Å². The second-order valence-corrected chi connectivity index (χ2v) is 7.99. The Morgan fingerprint density at radius 3 is 2.41 bits per heavy atom. The van der Waals surface area contributed by atoms with Crippen molar-refractivity contribution >= 4 is 28.8 Å². The van der Waals surface area contributed by atoms with Crippen molar-refractivity contribution in [2.45, 2.75) is 59.4 Å². The van der Waals surface area contributed by atoms with Gasteiger partial charge in [0.15, 0.2) is 5.75 Å². The first-order valence-corrected chi connectivity index (χ1v) is 11.9. The molecule has 6 heteroatoms. The smallest absolute Gasteiger partial charge is 0.265 e. The summed E-state index contributed by atoms with van der Waals surface area (Å²) in [6, 6.07) is 9.18. The third-order valence-corrected chi connectivity index (χ3v) is 5.76. The molecule has 0 saturated heterocycles. The van der Waals surface area contributed by atoms with Crippen molar-refractivity contribution in [2.75, 3.05) is 0 Å². The van der Waals surface area contributed by atoms with Crippen molar-refractivity contribution in [3.63, 3.8) is 0 Å². The van der Waals surface area contributed by atoms with Crippen molar-refractivity contribution in [3.8, 4) is 5.75 Å². The van der Waals surface area contributed by atoms with Crippen LogP contribution in [0.3, 0.4) is 0 Å². The molecule has 5 nitrogen and oxygen atoms in total. The molecule has 4 rings (SSSR count). The third kappa shape index (κ3) is 5.01. The first kappa shape index (κ1) is 25.1. The lowest BCUT2D eigenvalue weighted by Crippen LogP contribution is -2.29. The largest absolute Gasteiger partial charge is 0.505 e. The highest BCUT2D eigenvalue weighted by atomic mass is 19.1. The van der Waals surface area contributed by atoms with E-state index in [4.69, 9.17) is 0 Å². The van der Waals surface area contributed by atoms with E-state index in [-0.39, 0.29) is 23.4 Å². The van der Waals surface area contributed by atoms with Crippen LogP contribution in [0.2, 0.25) is 0 Å². The van der Waals surface area contributed by atoms with Crippen LogP contribution in [0.15, 0.2) is 48.7 Å². The summed E-state index contributed by atoms with van der Waals surface area (Å²) in [5, 5.41) is 11.5. The lowest BCUT2D eigenvalue weighted by Gasteiger charge is -2.13. The first-order valence-electron chi connectivity index (χ1n) is 11.9. The molecule has 0 aliphatic carbocycles. The predicted octanol–water partition coefficient (Wildman–Crippen LogP) is 6.89. The van der Waals surface area contributed by atoms with E-state index in [1.165, 1.54) is 30.7 Å². The van der Waals surface area contributed by atoms with Crippen LogP contribution in [0.1, 0.15) is 84.7 Å². The summed E-state index contributed by atoms with van der Waals surface area (Å²) in [4.78, 5) is 31.8. The average Bonchev–Trinajstić information content (AvgIpc) is 3.11. The molecular formula is C28H31FN2O3. The molecule has 0 bridgehead atoms. The van der Waals surface area contributed by atoms with Gasteiger partial charge in [0, 0.05) is 11.6 Å². The number of aromatic hydroxyl groups is 1. The van der Waals surface area contributed by atoms with Gasteiger partial charge in [-0.2, -0.15) is 0 Å². The topological polar surface area (TPSA) is 70.5 Å². The van der Waals surface area contributed by atoms with Crippen LogP contribution < -0.4 is 0 Å². The number of halogens is 1. The third-order valence-electron chi connectivity index (χ3n) is 5.76. The number of benzene rings is 2. The minimum atomic E-state index is -0.572. The van der Waals surface area contributed by atoms with Gasteiger partial charge in [-0.25, -0.2) is 4.39 Å². The Hall–Kier alpha value is -3.54. The molecule has 0 saturated carbocycles. The van der Waals surface area contributed by atoms with Gasteiger partial charge in [0.25, 0.3) is 11.8 Å². The number of carbonyl (C=O) groups is 2. The fourth-order valence-electron chi connectivity index (χ4n) is 4.09. The maximum absolute atomic E-state index is 13.3. The van der Waals surface area contributed by atoms with Crippen LogP contribution in [-0.2, 0) is 6.54 Å². The van der Waals surface area contributed by atoms with E-state index in [9.17, 15) is 19.1 Å². The monoisotopic (exact) mass is 462 g/mol. The molecule has 178 valence electrons. The number of aromatic nitrogens is 1. The van der Waals surface area contributed by atoms with Gasteiger partial charge in [-0.3, -0.25) is 19.5 Å². The number of phenolic OH excluding ortho intramolecular Hbond substituents is 1. The molecule has 0 fully saturated rings. The fourth-order valence-corrected chi connectivity index (χ4v) is 4.09. The van der Waals surface area contributed by atoms with E-state index < -0.39 is 17.6 Å². The molecule has 0 radical (unpaired) electrons. The van der Waals surface area contributed by atoms with Crippen LogP contribution in [0.25, 0.3) is 17.0 Å². The van der Waals surface area contributed by atoms with E-state index in [0.29, 0.717) is 22.0 Å². The zero-order chi connectivity index (χ0) is 24.7. The highest BCUT2D eigenvalue weighted by Crippen LogP contribution is 2.40. The SMILES string of the molecule is CC.CCCCCC/C=C/c1c2c(c(O)c3ncccc13)C(=O)N(Cc1ccc(F)cc1)C2=O. The zero-order valence-corrected chi connectivity index (χ0v) is 20.0. The van der Waals surface area contributed by atoms with E-state index in [2.05, 4.69) is 11.9 Å². The van der Waals surface area contributed by atoms with Crippen LogP contribution in [0, 0.1) is 5.82 Å². The second kappa shape index (κ2) is 11.5. The van der Waals surface area contributed by atoms with Crippen molar-refractivity contribution < 1.29 is 19.1 Å². The van der Waals surface area contributed by atoms with Crippen LogP contribution in [0.5, 0.6) is 5.75 Å².